The summed E-state index contributed by atoms with van der Waals surface area (Å²) in [6, 6.07) is 0. The van der Waals surface area contributed by atoms with E-state index in [2.05, 4.69) is 10.2 Å². The molecule has 0 fully saturated rings. The monoisotopic (exact) mass is 203 g/mol. The van der Waals surface area contributed by atoms with Crippen LogP contribution < -0.4 is 11.1 Å². The van der Waals surface area contributed by atoms with Crippen molar-refractivity contribution < 1.29 is 9.53 Å². The maximum Gasteiger partial charge on any atom is 0.221 e. The van der Waals surface area contributed by atoms with Crippen LogP contribution >= 0.6 is 0 Å². The Morgan fingerprint density at radius 1 is 1.43 bits per heavy atom. The van der Waals surface area contributed by atoms with Gasteiger partial charge in [-0.05, 0) is 7.05 Å². The Bertz CT molecular complexity index is 153. The Labute approximate surface area is 85.6 Å². The summed E-state index contributed by atoms with van der Waals surface area (Å²) in [7, 11) is 3.61. The summed E-state index contributed by atoms with van der Waals surface area (Å²) in [5.41, 5.74) is 5.27. The van der Waals surface area contributed by atoms with Crippen LogP contribution in [0, 0.1) is 0 Å². The third-order valence-electron chi connectivity index (χ3n) is 1.88. The first-order valence-corrected chi connectivity index (χ1v) is 4.87. The molecule has 0 aliphatic carbocycles. The Morgan fingerprint density at radius 3 is 2.71 bits per heavy atom. The molecule has 0 atom stereocenters. The smallest absolute Gasteiger partial charge is 0.221 e. The zero-order valence-corrected chi connectivity index (χ0v) is 9.08. The summed E-state index contributed by atoms with van der Waals surface area (Å²) in [5, 5.41) is 2.58. The molecule has 0 aliphatic heterocycles. The van der Waals surface area contributed by atoms with E-state index in [9.17, 15) is 4.79 Å². The van der Waals surface area contributed by atoms with Gasteiger partial charge in [-0.2, -0.15) is 0 Å². The van der Waals surface area contributed by atoms with Gasteiger partial charge in [0.15, 0.2) is 0 Å². The van der Waals surface area contributed by atoms with Crippen molar-refractivity contribution in [3.63, 3.8) is 0 Å². The van der Waals surface area contributed by atoms with E-state index in [4.69, 9.17) is 10.5 Å². The van der Waals surface area contributed by atoms with E-state index in [0.717, 1.165) is 13.1 Å². The van der Waals surface area contributed by atoms with Gasteiger partial charge in [0, 0.05) is 33.1 Å². The minimum Gasteiger partial charge on any atom is -0.379 e. The molecule has 0 saturated carbocycles. The number of rotatable bonds is 8. The fraction of sp³-hybridized carbons (Fsp3) is 0.889. The maximum atomic E-state index is 10.9. The van der Waals surface area contributed by atoms with Crippen molar-refractivity contribution in [2.24, 2.45) is 5.73 Å². The Kier molecular flexibility index (Phi) is 8.51. The Balaban J connectivity index is 3.27. The Hall–Kier alpha value is -0.650. The predicted octanol–water partition coefficient (Wildman–Crippen LogP) is -0.970. The number of likely N-dealkylation sites (N-methyl/N-ethyl adjacent to an activating group) is 1. The quantitative estimate of drug-likeness (QED) is 0.498. The highest BCUT2D eigenvalue weighted by molar-refractivity contribution is 5.75. The molecule has 0 bridgehead atoms. The molecule has 0 radical (unpaired) electrons. The number of amides is 1. The SMILES string of the molecule is CNC(=O)CCN(C)CCOCCN. The van der Waals surface area contributed by atoms with Gasteiger partial charge in [-0.25, -0.2) is 0 Å². The van der Waals surface area contributed by atoms with Crippen LogP contribution in [0.25, 0.3) is 0 Å². The molecule has 0 aromatic carbocycles. The largest absolute Gasteiger partial charge is 0.379 e. The number of nitrogens with one attached hydrogen (secondary N) is 1. The third kappa shape index (κ3) is 7.97. The molecule has 0 aromatic rings. The first-order chi connectivity index (χ1) is 6.70. The molecule has 0 aliphatic rings. The lowest BCUT2D eigenvalue weighted by molar-refractivity contribution is -0.120. The molecule has 0 aromatic heterocycles. The summed E-state index contributed by atoms with van der Waals surface area (Å²) in [6.07, 6.45) is 0.532. The molecule has 3 N–H and O–H groups in total. The average molecular weight is 203 g/mol. The number of nitrogens with two attached hydrogens (primary N) is 1. The molecular formula is C9H21N3O2. The van der Waals surface area contributed by atoms with Crippen LogP contribution in [0.3, 0.4) is 0 Å². The van der Waals surface area contributed by atoms with Crippen LogP contribution in [0.4, 0.5) is 0 Å². The van der Waals surface area contributed by atoms with Gasteiger partial charge in [-0.1, -0.05) is 0 Å². The van der Waals surface area contributed by atoms with Crippen LogP contribution in [0.2, 0.25) is 0 Å². The molecule has 0 unspecified atom stereocenters. The lowest BCUT2D eigenvalue weighted by Crippen LogP contribution is -2.29. The van der Waals surface area contributed by atoms with E-state index in [1.165, 1.54) is 0 Å². The van der Waals surface area contributed by atoms with E-state index in [-0.39, 0.29) is 5.91 Å². The fourth-order valence-corrected chi connectivity index (χ4v) is 0.935. The predicted molar refractivity (Wildman–Crippen MR) is 56.1 cm³/mol. The van der Waals surface area contributed by atoms with Crippen molar-refractivity contribution in [1.82, 2.24) is 10.2 Å². The summed E-state index contributed by atoms with van der Waals surface area (Å²) in [4.78, 5) is 13.0. The van der Waals surface area contributed by atoms with Gasteiger partial charge in [-0.3, -0.25) is 4.79 Å². The van der Waals surface area contributed by atoms with Gasteiger partial charge in [0.05, 0.1) is 13.2 Å². The molecule has 0 rings (SSSR count). The summed E-state index contributed by atoms with van der Waals surface area (Å²) in [5.74, 6) is 0.0692. The number of hydrogen-bond donors (Lipinski definition) is 2. The number of hydrogen-bond acceptors (Lipinski definition) is 4. The van der Waals surface area contributed by atoms with Crippen LogP contribution in [0.1, 0.15) is 6.42 Å². The van der Waals surface area contributed by atoms with Gasteiger partial charge in [0.1, 0.15) is 0 Å². The maximum absolute atomic E-state index is 10.9. The van der Waals surface area contributed by atoms with E-state index >= 15 is 0 Å². The first kappa shape index (κ1) is 13.4. The number of carbonyl (C=O) groups is 1. The summed E-state index contributed by atoms with van der Waals surface area (Å²) >= 11 is 0. The lowest BCUT2D eigenvalue weighted by atomic mass is 10.4. The van der Waals surface area contributed by atoms with Crippen molar-refractivity contribution in [2.75, 3.05) is 46.9 Å². The van der Waals surface area contributed by atoms with Gasteiger partial charge in [0.2, 0.25) is 5.91 Å². The number of carbonyl (C=O) groups excluding carboxylic acids is 1. The topological polar surface area (TPSA) is 67.6 Å². The molecular weight excluding hydrogens is 182 g/mol. The first-order valence-electron chi connectivity index (χ1n) is 4.87. The lowest BCUT2D eigenvalue weighted by Gasteiger charge is -2.15. The Morgan fingerprint density at radius 2 is 2.14 bits per heavy atom. The summed E-state index contributed by atoms with van der Waals surface area (Å²) in [6.45, 7) is 3.41. The van der Waals surface area contributed by atoms with Crippen molar-refractivity contribution in [3.8, 4) is 0 Å². The fourth-order valence-electron chi connectivity index (χ4n) is 0.935. The number of nitrogens with zero attached hydrogens (tertiary/aromatic N) is 1. The second kappa shape index (κ2) is 8.93. The van der Waals surface area contributed by atoms with Crippen molar-refractivity contribution >= 4 is 5.91 Å². The highest BCUT2D eigenvalue weighted by Gasteiger charge is 2.01. The van der Waals surface area contributed by atoms with E-state index < -0.39 is 0 Å². The second-order valence-electron chi connectivity index (χ2n) is 3.13. The molecule has 5 heteroatoms. The average Bonchev–Trinajstić information content (AvgIpc) is 2.21. The van der Waals surface area contributed by atoms with Crippen molar-refractivity contribution in [2.45, 2.75) is 6.42 Å². The molecule has 14 heavy (non-hydrogen) atoms. The zero-order chi connectivity index (χ0) is 10.8. The van der Waals surface area contributed by atoms with E-state index in [1.54, 1.807) is 7.05 Å². The van der Waals surface area contributed by atoms with E-state index in [0.29, 0.717) is 26.2 Å². The molecule has 84 valence electrons. The second-order valence-corrected chi connectivity index (χ2v) is 3.13. The van der Waals surface area contributed by atoms with Gasteiger partial charge in [-0.15, -0.1) is 0 Å². The normalized spacial score (nSPS) is 10.6. The summed E-state index contributed by atoms with van der Waals surface area (Å²) < 4.78 is 5.22. The molecule has 0 saturated heterocycles. The highest BCUT2D eigenvalue weighted by atomic mass is 16.5. The van der Waals surface area contributed by atoms with Crippen molar-refractivity contribution in [3.05, 3.63) is 0 Å². The minimum atomic E-state index is 0.0692. The zero-order valence-electron chi connectivity index (χ0n) is 9.08. The van der Waals surface area contributed by atoms with Crippen molar-refractivity contribution in [1.29, 1.82) is 0 Å². The van der Waals surface area contributed by atoms with Crippen LogP contribution in [0.5, 0.6) is 0 Å². The van der Waals surface area contributed by atoms with Crippen LogP contribution in [-0.2, 0) is 9.53 Å². The standard InChI is InChI=1S/C9H21N3O2/c1-11-9(13)3-5-12(2)6-8-14-7-4-10/h3-8,10H2,1-2H3,(H,11,13). The minimum absolute atomic E-state index is 0.0692. The van der Waals surface area contributed by atoms with Crippen LogP contribution in [-0.4, -0.2) is 57.8 Å². The third-order valence-corrected chi connectivity index (χ3v) is 1.88. The van der Waals surface area contributed by atoms with Gasteiger partial charge < -0.3 is 20.7 Å². The van der Waals surface area contributed by atoms with E-state index in [1.807, 2.05) is 7.05 Å². The van der Waals surface area contributed by atoms with Gasteiger partial charge >= 0.3 is 0 Å². The number of ether oxygens (including phenoxy) is 1. The molecule has 1 amide bonds. The molecule has 0 spiro atoms. The van der Waals surface area contributed by atoms with Gasteiger partial charge in [0.25, 0.3) is 0 Å². The molecule has 0 heterocycles. The molecule has 5 nitrogen and oxygen atoms in total. The highest BCUT2D eigenvalue weighted by Crippen LogP contribution is 1.87. The van der Waals surface area contributed by atoms with Crippen LogP contribution in [0.15, 0.2) is 0 Å².